The Hall–Kier alpha value is -0.750. The number of anilines is 1. The topological polar surface area (TPSA) is 62.4 Å². The van der Waals surface area contributed by atoms with E-state index in [1.165, 1.54) is 25.7 Å². The van der Waals surface area contributed by atoms with Gasteiger partial charge in [0.25, 0.3) is 5.95 Å². The van der Waals surface area contributed by atoms with E-state index in [0.29, 0.717) is 11.8 Å². The van der Waals surface area contributed by atoms with Crippen molar-refractivity contribution in [3.8, 4) is 0 Å². The molecule has 0 radical (unpaired) electrons. The average Bonchev–Trinajstić information content (AvgIpc) is 2.91. The molecule has 0 amide bonds. The molecule has 3 rings (SSSR count). The van der Waals surface area contributed by atoms with Crippen LogP contribution in [0.3, 0.4) is 0 Å². The highest BCUT2D eigenvalue weighted by molar-refractivity contribution is 7.99. The summed E-state index contributed by atoms with van der Waals surface area (Å²) in [6.07, 6.45) is 4.64. The molecule has 100 valence electrons. The summed E-state index contributed by atoms with van der Waals surface area (Å²) in [4.78, 5) is 6.69. The molecule has 3 heterocycles. The van der Waals surface area contributed by atoms with E-state index in [2.05, 4.69) is 15.0 Å². The second kappa shape index (κ2) is 5.48. The maximum absolute atomic E-state index is 9.84. The van der Waals surface area contributed by atoms with Gasteiger partial charge < -0.3 is 14.5 Å². The van der Waals surface area contributed by atoms with Crippen molar-refractivity contribution in [2.24, 2.45) is 0 Å². The SMILES string of the molecule is OC1CSCC1c1nc(N2CCCCCC2)no1. The molecule has 1 aromatic rings. The van der Waals surface area contributed by atoms with Crippen LogP contribution in [0.15, 0.2) is 4.52 Å². The van der Waals surface area contributed by atoms with E-state index < -0.39 is 0 Å². The Morgan fingerprint density at radius 2 is 1.94 bits per heavy atom. The van der Waals surface area contributed by atoms with E-state index in [0.717, 1.165) is 24.6 Å². The van der Waals surface area contributed by atoms with Crippen molar-refractivity contribution in [2.75, 3.05) is 29.5 Å². The smallest absolute Gasteiger partial charge is 0.266 e. The number of aliphatic hydroxyl groups excluding tert-OH is 1. The quantitative estimate of drug-likeness (QED) is 0.880. The van der Waals surface area contributed by atoms with E-state index in [1.807, 2.05) is 0 Å². The molecule has 2 atom stereocenters. The highest BCUT2D eigenvalue weighted by Crippen LogP contribution is 2.32. The lowest BCUT2D eigenvalue weighted by atomic mass is 10.1. The van der Waals surface area contributed by atoms with Crippen LogP contribution in [-0.2, 0) is 0 Å². The second-order valence-corrected chi connectivity index (χ2v) is 6.12. The summed E-state index contributed by atoms with van der Waals surface area (Å²) in [5.41, 5.74) is 0. The number of aliphatic hydroxyl groups is 1. The lowest BCUT2D eigenvalue weighted by molar-refractivity contribution is 0.164. The van der Waals surface area contributed by atoms with Gasteiger partial charge in [-0.25, -0.2) is 0 Å². The number of hydrogen-bond acceptors (Lipinski definition) is 6. The molecule has 1 N–H and O–H groups in total. The minimum atomic E-state index is -0.340. The number of aromatic nitrogens is 2. The highest BCUT2D eigenvalue weighted by atomic mass is 32.2. The van der Waals surface area contributed by atoms with Crippen LogP contribution in [0.25, 0.3) is 0 Å². The molecule has 0 bridgehead atoms. The average molecular weight is 269 g/mol. The van der Waals surface area contributed by atoms with Crippen LogP contribution in [0.2, 0.25) is 0 Å². The van der Waals surface area contributed by atoms with Gasteiger partial charge in [0.05, 0.1) is 12.0 Å². The monoisotopic (exact) mass is 269 g/mol. The fourth-order valence-electron chi connectivity index (χ4n) is 2.56. The molecule has 0 saturated carbocycles. The summed E-state index contributed by atoms with van der Waals surface area (Å²) in [7, 11) is 0. The van der Waals surface area contributed by atoms with Crippen LogP contribution in [0.4, 0.5) is 5.95 Å². The molecule has 1 aromatic heterocycles. The summed E-state index contributed by atoms with van der Waals surface area (Å²) in [5, 5.41) is 13.9. The van der Waals surface area contributed by atoms with Gasteiger partial charge in [0, 0.05) is 24.6 Å². The Kier molecular flexibility index (Phi) is 3.75. The molecular weight excluding hydrogens is 250 g/mol. The predicted octanol–water partition coefficient (Wildman–Crippen LogP) is 1.64. The first-order chi connectivity index (χ1) is 8.84. The first-order valence-electron chi connectivity index (χ1n) is 6.69. The van der Waals surface area contributed by atoms with Crippen molar-refractivity contribution in [3.05, 3.63) is 5.89 Å². The second-order valence-electron chi connectivity index (χ2n) is 5.05. The Morgan fingerprint density at radius 3 is 2.61 bits per heavy atom. The Bertz CT molecular complexity index is 390. The van der Waals surface area contributed by atoms with Crippen LogP contribution in [0.5, 0.6) is 0 Å². The lowest BCUT2D eigenvalue weighted by Crippen LogP contribution is -2.25. The van der Waals surface area contributed by atoms with Crippen LogP contribution >= 0.6 is 11.8 Å². The van der Waals surface area contributed by atoms with Crippen molar-refractivity contribution < 1.29 is 9.63 Å². The zero-order chi connectivity index (χ0) is 12.4. The summed E-state index contributed by atoms with van der Waals surface area (Å²) in [6, 6.07) is 0. The minimum Gasteiger partial charge on any atom is -0.391 e. The number of nitrogens with zero attached hydrogens (tertiary/aromatic N) is 3. The molecule has 2 aliphatic heterocycles. The molecule has 2 fully saturated rings. The molecule has 0 spiro atoms. The third kappa shape index (κ3) is 2.49. The number of rotatable bonds is 2. The van der Waals surface area contributed by atoms with Crippen molar-refractivity contribution in [1.29, 1.82) is 0 Å². The van der Waals surface area contributed by atoms with Crippen molar-refractivity contribution in [2.45, 2.75) is 37.7 Å². The Balaban J connectivity index is 1.72. The van der Waals surface area contributed by atoms with E-state index in [4.69, 9.17) is 4.52 Å². The third-order valence-electron chi connectivity index (χ3n) is 3.69. The zero-order valence-corrected chi connectivity index (χ0v) is 11.2. The van der Waals surface area contributed by atoms with Crippen molar-refractivity contribution in [3.63, 3.8) is 0 Å². The number of hydrogen-bond donors (Lipinski definition) is 1. The van der Waals surface area contributed by atoms with Crippen LogP contribution in [0, 0.1) is 0 Å². The normalized spacial score (nSPS) is 29.5. The zero-order valence-electron chi connectivity index (χ0n) is 10.4. The van der Waals surface area contributed by atoms with Gasteiger partial charge in [-0.05, 0) is 18.0 Å². The number of thioether (sulfide) groups is 1. The predicted molar refractivity (Wildman–Crippen MR) is 71.1 cm³/mol. The molecule has 5 nitrogen and oxygen atoms in total. The van der Waals surface area contributed by atoms with Gasteiger partial charge in [-0.3, -0.25) is 0 Å². The van der Waals surface area contributed by atoms with E-state index in [9.17, 15) is 5.11 Å². The summed E-state index contributed by atoms with van der Waals surface area (Å²) in [6.45, 7) is 2.03. The van der Waals surface area contributed by atoms with Gasteiger partial charge in [-0.2, -0.15) is 16.7 Å². The minimum absolute atomic E-state index is 0.0169. The molecule has 2 saturated heterocycles. The largest absolute Gasteiger partial charge is 0.391 e. The van der Waals surface area contributed by atoms with Crippen LogP contribution < -0.4 is 4.90 Å². The fraction of sp³-hybridized carbons (Fsp3) is 0.833. The van der Waals surface area contributed by atoms with Crippen LogP contribution in [0.1, 0.15) is 37.5 Å². The van der Waals surface area contributed by atoms with Crippen molar-refractivity contribution >= 4 is 17.7 Å². The van der Waals surface area contributed by atoms with Crippen molar-refractivity contribution in [1.82, 2.24) is 10.1 Å². The van der Waals surface area contributed by atoms with Gasteiger partial charge in [-0.15, -0.1) is 0 Å². The highest BCUT2D eigenvalue weighted by Gasteiger charge is 2.32. The van der Waals surface area contributed by atoms with E-state index >= 15 is 0 Å². The maximum Gasteiger partial charge on any atom is 0.266 e. The Labute approximate surface area is 111 Å². The third-order valence-corrected chi connectivity index (χ3v) is 4.86. The van der Waals surface area contributed by atoms with E-state index in [1.54, 1.807) is 11.8 Å². The molecule has 0 aliphatic carbocycles. The van der Waals surface area contributed by atoms with Gasteiger partial charge >= 0.3 is 0 Å². The van der Waals surface area contributed by atoms with E-state index in [-0.39, 0.29) is 12.0 Å². The standard InChI is InChI=1S/C12H19N3O2S/c16-10-8-18-7-9(10)11-13-12(14-17-11)15-5-3-1-2-4-6-15/h9-10,16H,1-8H2. The van der Waals surface area contributed by atoms with Gasteiger partial charge in [0.1, 0.15) is 0 Å². The molecular formula is C12H19N3O2S. The van der Waals surface area contributed by atoms with Crippen LogP contribution in [-0.4, -0.2) is 45.9 Å². The maximum atomic E-state index is 9.84. The summed E-state index contributed by atoms with van der Waals surface area (Å²) in [5.74, 6) is 2.97. The molecule has 2 unspecified atom stereocenters. The van der Waals surface area contributed by atoms with Gasteiger partial charge in [-0.1, -0.05) is 12.8 Å². The molecule has 6 heteroatoms. The summed E-state index contributed by atoms with van der Waals surface area (Å²) >= 11 is 1.74. The first kappa shape index (κ1) is 12.3. The fourth-order valence-corrected chi connectivity index (χ4v) is 3.78. The summed E-state index contributed by atoms with van der Waals surface area (Å²) < 4.78 is 5.34. The lowest BCUT2D eigenvalue weighted by Gasteiger charge is -2.16. The molecule has 0 aromatic carbocycles. The Morgan fingerprint density at radius 1 is 1.17 bits per heavy atom. The molecule has 18 heavy (non-hydrogen) atoms. The molecule has 2 aliphatic rings. The first-order valence-corrected chi connectivity index (χ1v) is 7.84. The van der Waals surface area contributed by atoms with Gasteiger partial charge in [0.2, 0.25) is 5.89 Å². The van der Waals surface area contributed by atoms with Gasteiger partial charge in [0.15, 0.2) is 0 Å².